The molecule has 21 heavy (non-hydrogen) atoms. The van der Waals surface area contributed by atoms with Crippen LogP contribution in [0, 0.1) is 0 Å². The second kappa shape index (κ2) is 5.31. The molecule has 0 saturated heterocycles. The number of hydrogen-bond donors (Lipinski definition) is 0. The minimum Gasteiger partial charge on any atom is -0.290 e. The number of nitrogens with zero attached hydrogens (tertiary/aromatic N) is 1. The minimum absolute atomic E-state index is 0.613. The van der Waals surface area contributed by atoms with Gasteiger partial charge in [0.25, 0.3) is 0 Å². The zero-order valence-electron chi connectivity index (χ0n) is 12.8. The Morgan fingerprint density at radius 1 is 0.810 bits per heavy atom. The van der Waals surface area contributed by atoms with Gasteiger partial charge in [0.15, 0.2) is 0 Å². The molecule has 0 aromatic heterocycles. The molecular weight excluding hydrogens is 254 g/mol. The van der Waals surface area contributed by atoms with Crippen LogP contribution < -0.4 is 0 Å². The summed E-state index contributed by atoms with van der Waals surface area (Å²) in [5, 5.41) is 0. The summed E-state index contributed by atoms with van der Waals surface area (Å²) in [6.07, 6.45) is 5.05. The van der Waals surface area contributed by atoms with E-state index in [0.29, 0.717) is 12.1 Å². The van der Waals surface area contributed by atoms with Gasteiger partial charge in [-0.15, -0.1) is 0 Å². The van der Waals surface area contributed by atoms with Crippen LogP contribution in [0.4, 0.5) is 0 Å². The fourth-order valence-electron chi connectivity index (χ4n) is 4.42. The molecule has 2 atom stereocenters. The maximum atomic E-state index is 2.75. The summed E-state index contributed by atoms with van der Waals surface area (Å²) in [5.74, 6) is 0. The molecule has 4 rings (SSSR count). The van der Waals surface area contributed by atoms with E-state index >= 15 is 0 Å². The standard InChI is InChI=1S/C20H23N/c1-2-21(19-13-11-15-7-3-5-9-17(15)19)20-14-12-16-8-4-6-10-18(16)20/h3-10,19-20H,2,11-14H2,1H3. The van der Waals surface area contributed by atoms with Crippen molar-refractivity contribution in [2.75, 3.05) is 6.54 Å². The highest BCUT2D eigenvalue weighted by Gasteiger charge is 2.34. The van der Waals surface area contributed by atoms with E-state index in [1.54, 1.807) is 22.3 Å². The Labute approximate surface area is 127 Å². The van der Waals surface area contributed by atoms with Crippen LogP contribution in [-0.4, -0.2) is 11.4 Å². The fraction of sp³-hybridized carbons (Fsp3) is 0.400. The molecule has 2 aromatic carbocycles. The topological polar surface area (TPSA) is 3.24 Å². The quantitative estimate of drug-likeness (QED) is 0.787. The van der Waals surface area contributed by atoms with Gasteiger partial charge in [0, 0.05) is 12.1 Å². The highest BCUT2D eigenvalue weighted by Crippen LogP contribution is 2.44. The molecule has 1 heteroatoms. The van der Waals surface area contributed by atoms with Gasteiger partial charge in [0.05, 0.1) is 0 Å². The number of fused-ring (bicyclic) bond motifs is 2. The van der Waals surface area contributed by atoms with Gasteiger partial charge in [-0.1, -0.05) is 55.5 Å². The lowest BCUT2D eigenvalue weighted by Gasteiger charge is -2.34. The lowest BCUT2D eigenvalue weighted by atomic mass is 10.0. The van der Waals surface area contributed by atoms with Crippen molar-refractivity contribution in [2.24, 2.45) is 0 Å². The average Bonchev–Trinajstić information content (AvgIpc) is 3.14. The summed E-state index contributed by atoms with van der Waals surface area (Å²) in [5.41, 5.74) is 6.27. The predicted molar refractivity (Wildman–Crippen MR) is 87.4 cm³/mol. The molecule has 2 aliphatic rings. The van der Waals surface area contributed by atoms with Crippen molar-refractivity contribution in [1.29, 1.82) is 0 Å². The Morgan fingerprint density at radius 3 is 1.76 bits per heavy atom. The number of hydrogen-bond acceptors (Lipinski definition) is 1. The molecule has 0 spiro atoms. The SMILES string of the molecule is CCN(C1CCc2ccccc21)C1CCc2ccccc21. The first kappa shape index (κ1) is 13.1. The van der Waals surface area contributed by atoms with Gasteiger partial charge < -0.3 is 0 Å². The minimum atomic E-state index is 0.613. The van der Waals surface area contributed by atoms with E-state index in [9.17, 15) is 0 Å². The molecule has 0 N–H and O–H groups in total. The monoisotopic (exact) mass is 277 g/mol. The molecule has 108 valence electrons. The average molecular weight is 277 g/mol. The van der Waals surface area contributed by atoms with Crippen LogP contribution in [0.1, 0.15) is 54.1 Å². The highest BCUT2D eigenvalue weighted by atomic mass is 15.2. The third kappa shape index (κ3) is 2.11. The first-order chi connectivity index (χ1) is 10.4. The van der Waals surface area contributed by atoms with Gasteiger partial charge in [0.1, 0.15) is 0 Å². The summed E-state index contributed by atoms with van der Waals surface area (Å²) in [6, 6.07) is 19.3. The second-order valence-corrected chi connectivity index (χ2v) is 6.34. The molecular formula is C20H23N. The summed E-state index contributed by atoms with van der Waals surface area (Å²) in [4.78, 5) is 2.75. The zero-order valence-corrected chi connectivity index (χ0v) is 12.8. The molecule has 0 amide bonds. The van der Waals surface area contributed by atoms with Crippen molar-refractivity contribution in [2.45, 2.75) is 44.7 Å². The van der Waals surface area contributed by atoms with E-state index in [-0.39, 0.29) is 0 Å². The van der Waals surface area contributed by atoms with Crippen molar-refractivity contribution in [3.05, 3.63) is 70.8 Å². The van der Waals surface area contributed by atoms with E-state index in [1.807, 2.05) is 0 Å². The van der Waals surface area contributed by atoms with E-state index in [1.165, 1.54) is 25.7 Å². The molecule has 0 fully saturated rings. The van der Waals surface area contributed by atoms with Gasteiger partial charge >= 0.3 is 0 Å². The normalized spacial score (nSPS) is 23.3. The number of aryl methyl sites for hydroxylation is 2. The Morgan fingerprint density at radius 2 is 1.29 bits per heavy atom. The first-order valence-electron chi connectivity index (χ1n) is 8.30. The van der Waals surface area contributed by atoms with Gasteiger partial charge in [-0.3, -0.25) is 4.90 Å². The van der Waals surface area contributed by atoms with Crippen molar-refractivity contribution < 1.29 is 0 Å². The van der Waals surface area contributed by atoms with E-state index in [2.05, 4.69) is 60.4 Å². The predicted octanol–water partition coefficient (Wildman–Crippen LogP) is 4.68. The maximum absolute atomic E-state index is 2.75. The first-order valence-corrected chi connectivity index (χ1v) is 8.30. The van der Waals surface area contributed by atoms with Crippen LogP contribution >= 0.6 is 0 Å². The van der Waals surface area contributed by atoms with Gasteiger partial charge in [-0.05, 0) is 54.5 Å². The fourth-order valence-corrected chi connectivity index (χ4v) is 4.42. The Bertz CT molecular complexity index is 590. The van der Waals surface area contributed by atoms with Crippen molar-refractivity contribution in [3.8, 4) is 0 Å². The van der Waals surface area contributed by atoms with E-state index in [4.69, 9.17) is 0 Å². The van der Waals surface area contributed by atoms with Crippen LogP contribution in [-0.2, 0) is 12.8 Å². The molecule has 2 aromatic rings. The highest BCUT2D eigenvalue weighted by molar-refractivity contribution is 5.37. The number of rotatable bonds is 3. The molecule has 0 radical (unpaired) electrons. The lowest BCUT2D eigenvalue weighted by molar-refractivity contribution is 0.140. The lowest BCUT2D eigenvalue weighted by Crippen LogP contribution is -2.30. The smallest absolute Gasteiger partial charge is 0.0360 e. The Hall–Kier alpha value is -1.60. The molecule has 2 aliphatic carbocycles. The van der Waals surface area contributed by atoms with Gasteiger partial charge in [0.2, 0.25) is 0 Å². The Balaban J connectivity index is 1.68. The molecule has 0 heterocycles. The maximum Gasteiger partial charge on any atom is 0.0360 e. The molecule has 0 bridgehead atoms. The largest absolute Gasteiger partial charge is 0.290 e. The van der Waals surface area contributed by atoms with Crippen molar-refractivity contribution >= 4 is 0 Å². The van der Waals surface area contributed by atoms with Crippen LogP contribution in [0.5, 0.6) is 0 Å². The van der Waals surface area contributed by atoms with E-state index in [0.717, 1.165) is 6.54 Å². The molecule has 0 aliphatic heterocycles. The third-order valence-corrected chi connectivity index (χ3v) is 5.37. The van der Waals surface area contributed by atoms with Gasteiger partial charge in [-0.2, -0.15) is 0 Å². The molecule has 0 saturated carbocycles. The Kier molecular flexibility index (Phi) is 3.31. The summed E-state index contributed by atoms with van der Waals surface area (Å²) >= 11 is 0. The third-order valence-electron chi connectivity index (χ3n) is 5.37. The van der Waals surface area contributed by atoms with Crippen molar-refractivity contribution in [1.82, 2.24) is 4.90 Å². The summed E-state index contributed by atoms with van der Waals surface area (Å²) in [7, 11) is 0. The summed E-state index contributed by atoms with van der Waals surface area (Å²) in [6.45, 7) is 3.46. The number of benzene rings is 2. The molecule has 1 nitrogen and oxygen atoms in total. The van der Waals surface area contributed by atoms with Crippen molar-refractivity contribution in [3.63, 3.8) is 0 Å². The van der Waals surface area contributed by atoms with Crippen LogP contribution in [0.15, 0.2) is 48.5 Å². The van der Waals surface area contributed by atoms with Crippen LogP contribution in [0.3, 0.4) is 0 Å². The van der Waals surface area contributed by atoms with Crippen LogP contribution in [0.2, 0.25) is 0 Å². The second-order valence-electron chi connectivity index (χ2n) is 6.34. The summed E-state index contributed by atoms with van der Waals surface area (Å²) < 4.78 is 0. The molecule has 2 unspecified atom stereocenters. The zero-order chi connectivity index (χ0) is 14.2. The van der Waals surface area contributed by atoms with E-state index < -0.39 is 0 Å². The van der Waals surface area contributed by atoms with Gasteiger partial charge in [-0.25, -0.2) is 0 Å². The van der Waals surface area contributed by atoms with Crippen LogP contribution in [0.25, 0.3) is 0 Å².